The summed E-state index contributed by atoms with van der Waals surface area (Å²) in [6.07, 6.45) is 2.75. The van der Waals surface area contributed by atoms with E-state index in [1.807, 2.05) is 6.07 Å². The number of aliphatic hydroxyl groups is 1. The van der Waals surface area contributed by atoms with Crippen LogP contribution in [0.4, 0.5) is 0 Å². The van der Waals surface area contributed by atoms with Crippen LogP contribution in [0.15, 0.2) is 0 Å². The van der Waals surface area contributed by atoms with Gasteiger partial charge < -0.3 is 5.11 Å². The van der Waals surface area contributed by atoms with E-state index in [4.69, 9.17) is 10.4 Å². The molecule has 0 aliphatic carbocycles. The minimum atomic E-state index is -0.394. The van der Waals surface area contributed by atoms with Crippen molar-refractivity contribution < 1.29 is 5.11 Å². The largest absolute Gasteiger partial charge is 0.392 e. The maximum atomic E-state index is 8.96. The Morgan fingerprint density at radius 2 is 2.33 bits per heavy atom. The lowest BCUT2D eigenvalue weighted by atomic mass is 10.1. The fraction of sp³-hybridized carbons (Fsp3) is 0.857. The third-order valence-corrected chi connectivity index (χ3v) is 1.22. The summed E-state index contributed by atoms with van der Waals surface area (Å²) in [5.74, 6) is 0. The van der Waals surface area contributed by atoms with Gasteiger partial charge in [-0.15, -0.1) is 0 Å². The Morgan fingerprint density at radius 1 is 1.67 bits per heavy atom. The number of hydrogen-bond donors (Lipinski definition) is 1. The molecule has 0 radical (unpaired) electrons. The molecule has 0 saturated heterocycles. The van der Waals surface area contributed by atoms with E-state index in [2.05, 4.69) is 6.92 Å². The highest BCUT2D eigenvalue weighted by Gasteiger charge is 1.99. The summed E-state index contributed by atoms with van der Waals surface area (Å²) in [6, 6.07) is 1.93. The van der Waals surface area contributed by atoms with Crippen molar-refractivity contribution in [2.75, 3.05) is 0 Å². The Balaban J connectivity index is 3.08. The summed E-state index contributed by atoms with van der Waals surface area (Å²) in [4.78, 5) is 0. The van der Waals surface area contributed by atoms with Crippen LogP contribution >= 0.6 is 0 Å². The smallest absolute Gasteiger partial charge is 0.0670 e. The second-order valence-electron chi connectivity index (χ2n) is 2.16. The monoisotopic (exact) mass is 127 g/mol. The highest BCUT2D eigenvalue weighted by atomic mass is 16.3. The normalized spacial score (nSPS) is 12.6. The third kappa shape index (κ3) is 5.32. The predicted octanol–water partition coefficient (Wildman–Crippen LogP) is 1.45. The van der Waals surface area contributed by atoms with Crippen LogP contribution in [0.2, 0.25) is 0 Å². The van der Waals surface area contributed by atoms with Crippen LogP contribution in [0.1, 0.15) is 32.6 Å². The van der Waals surface area contributed by atoms with Crippen molar-refractivity contribution in [3.63, 3.8) is 0 Å². The fourth-order valence-electron chi connectivity index (χ4n) is 0.647. The Bertz CT molecular complexity index is 95.6. The van der Waals surface area contributed by atoms with Crippen molar-refractivity contribution in [1.82, 2.24) is 0 Å². The summed E-state index contributed by atoms with van der Waals surface area (Å²) < 4.78 is 0. The van der Waals surface area contributed by atoms with E-state index < -0.39 is 6.10 Å². The molecule has 0 aromatic carbocycles. The van der Waals surface area contributed by atoms with Gasteiger partial charge in [-0.3, -0.25) is 0 Å². The van der Waals surface area contributed by atoms with E-state index in [0.29, 0.717) is 0 Å². The second kappa shape index (κ2) is 5.58. The molecular formula is C7H13NO. The number of nitriles is 1. The average Bonchev–Trinajstić information content (AvgIpc) is 1.85. The lowest BCUT2D eigenvalue weighted by molar-refractivity contribution is 0.166. The zero-order valence-corrected chi connectivity index (χ0v) is 5.80. The Kier molecular flexibility index (Phi) is 5.24. The van der Waals surface area contributed by atoms with Crippen molar-refractivity contribution in [3.05, 3.63) is 0 Å². The molecule has 1 atom stereocenters. The highest BCUT2D eigenvalue weighted by molar-refractivity contribution is 4.74. The fourth-order valence-corrected chi connectivity index (χ4v) is 0.647. The average molecular weight is 127 g/mol. The van der Waals surface area contributed by atoms with E-state index in [1.165, 1.54) is 0 Å². The number of nitrogens with zero attached hydrogens (tertiary/aromatic N) is 1. The van der Waals surface area contributed by atoms with E-state index in [9.17, 15) is 0 Å². The molecule has 2 heteroatoms. The molecule has 2 nitrogen and oxygen atoms in total. The molecule has 0 rings (SSSR count). The number of unbranched alkanes of at least 4 members (excludes halogenated alkanes) is 1. The number of aliphatic hydroxyl groups excluding tert-OH is 1. The molecule has 0 unspecified atom stereocenters. The molecule has 0 aliphatic heterocycles. The van der Waals surface area contributed by atoms with Gasteiger partial charge in [-0.2, -0.15) is 5.26 Å². The van der Waals surface area contributed by atoms with Gasteiger partial charge in [0.25, 0.3) is 0 Å². The van der Waals surface area contributed by atoms with E-state index in [-0.39, 0.29) is 6.42 Å². The van der Waals surface area contributed by atoms with E-state index >= 15 is 0 Å². The van der Waals surface area contributed by atoms with Crippen molar-refractivity contribution in [2.45, 2.75) is 38.7 Å². The van der Waals surface area contributed by atoms with Gasteiger partial charge in [0.05, 0.1) is 18.6 Å². The van der Waals surface area contributed by atoms with Gasteiger partial charge in [0.2, 0.25) is 0 Å². The first-order chi connectivity index (χ1) is 4.31. The lowest BCUT2D eigenvalue weighted by Crippen LogP contribution is -2.03. The quantitative estimate of drug-likeness (QED) is 0.621. The zero-order valence-electron chi connectivity index (χ0n) is 5.80. The molecule has 0 saturated carbocycles. The van der Waals surface area contributed by atoms with Crippen LogP contribution in [-0.4, -0.2) is 11.2 Å². The molecule has 0 amide bonds. The predicted molar refractivity (Wildman–Crippen MR) is 35.8 cm³/mol. The van der Waals surface area contributed by atoms with Crippen LogP contribution in [-0.2, 0) is 0 Å². The van der Waals surface area contributed by atoms with Gasteiger partial charge in [0.1, 0.15) is 0 Å². The second-order valence-corrected chi connectivity index (χ2v) is 2.16. The summed E-state index contributed by atoms with van der Waals surface area (Å²) in [5.41, 5.74) is 0. The van der Waals surface area contributed by atoms with Crippen LogP contribution in [0.3, 0.4) is 0 Å². The van der Waals surface area contributed by atoms with E-state index in [1.54, 1.807) is 0 Å². The minimum Gasteiger partial charge on any atom is -0.392 e. The molecule has 0 fully saturated rings. The lowest BCUT2D eigenvalue weighted by Gasteiger charge is -2.02. The van der Waals surface area contributed by atoms with Crippen molar-refractivity contribution in [2.24, 2.45) is 0 Å². The van der Waals surface area contributed by atoms with Crippen molar-refractivity contribution in [3.8, 4) is 6.07 Å². The van der Waals surface area contributed by atoms with Crippen molar-refractivity contribution >= 4 is 0 Å². The summed E-state index contributed by atoms with van der Waals surface area (Å²) in [7, 11) is 0. The Labute approximate surface area is 56.1 Å². The zero-order chi connectivity index (χ0) is 7.11. The van der Waals surface area contributed by atoms with Crippen LogP contribution in [0, 0.1) is 11.3 Å². The Morgan fingerprint density at radius 3 is 2.78 bits per heavy atom. The van der Waals surface area contributed by atoms with Gasteiger partial charge in [-0.1, -0.05) is 19.8 Å². The SMILES string of the molecule is CCCC[C@H](O)CC#N. The first-order valence-corrected chi connectivity index (χ1v) is 3.36. The van der Waals surface area contributed by atoms with Crippen molar-refractivity contribution in [1.29, 1.82) is 5.26 Å². The molecule has 1 N–H and O–H groups in total. The molecule has 9 heavy (non-hydrogen) atoms. The van der Waals surface area contributed by atoms with Gasteiger partial charge in [0.15, 0.2) is 0 Å². The summed E-state index contributed by atoms with van der Waals surface area (Å²) >= 11 is 0. The molecule has 0 aromatic heterocycles. The number of hydrogen-bond acceptors (Lipinski definition) is 2. The van der Waals surface area contributed by atoms with Crippen LogP contribution in [0.25, 0.3) is 0 Å². The molecule has 0 aliphatic rings. The molecular weight excluding hydrogens is 114 g/mol. The maximum Gasteiger partial charge on any atom is 0.0670 e. The van der Waals surface area contributed by atoms with Gasteiger partial charge in [-0.05, 0) is 6.42 Å². The molecule has 52 valence electrons. The minimum absolute atomic E-state index is 0.278. The highest BCUT2D eigenvalue weighted by Crippen LogP contribution is 2.02. The maximum absolute atomic E-state index is 8.96. The van der Waals surface area contributed by atoms with Crippen LogP contribution < -0.4 is 0 Å². The van der Waals surface area contributed by atoms with Crippen LogP contribution in [0.5, 0.6) is 0 Å². The van der Waals surface area contributed by atoms with E-state index in [0.717, 1.165) is 19.3 Å². The van der Waals surface area contributed by atoms with Gasteiger partial charge >= 0.3 is 0 Å². The molecule has 0 spiro atoms. The molecule has 0 aromatic rings. The first-order valence-electron chi connectivity index (χ1n) is 3.36. The summed E-state index contributed by atoms with van der Waals surface area (Å²) in [5, 5.41) is 17.1. The Hall–Kier alpha value is -0.550. The molecule has 0 heterocycles. The third-order valence-electron chi connectivity index (χ3n) is 1.22. The topological polar surface area (TPSA) is 44.0 Å². The van der Waals surface area contributed by atoms with Gasteiger partial charge in [-0.25, -0.2) is 0 Å². The molecule has 0 bridgehead atoms. The van der Waals surface area contributed by atoms with Gasteiger partial charge in [0, 0.05) is 0 Å². The summed E-state index contributed by atoms with van der Waals surface area (Å²) in [6.45, 7) is 2.07. The standard InChI is InChI=1S/C7H13NO/c1-2-3-4-7(9)5-6-8/h7,9H,2-5H2,1H3/t7-/m0/s1. The first kappa shape index (κ1) is 8.45. The number of rotatable bonds is 4.